The Morgan fingerprint density at radius 2 is 1.70 bits per heavy atom. The highest BCUT2D eigenvalue weighted by Crippen LogP contribution is 2.05. The molecule has 0 saturated heterocycles. The fraction of sp³-hybridized carbons (Fsp3) is 0.118. The zero-order chi connectivity index (χ0) is 16.7. The van der Waals surface area contributed by atoms with Crippen molar-refractivity contribution in [1.82, 2.24) is 10.7 Å². The topological polar surface area (TPSA) is 70.6 Å². The van der Waals surface area contributed by atoms with Crippen molar-refractivity contribution in [2.75, 3.05) is 6.54 Å². The molecule has 0 atom stereocenters. The van der Waals surface area contributed by atoms with Gasteiger partial charge < -0.3 is 5.32 Å². The number of carbonyl (C=O) groups is 2. The van der Waals surface area contributed by atoms with E-state index in [1.165, 1.54) is 18.2 Å². The van der Waals surface area contributed by atoms with Crippen molar-refractivity contribution in [1.29, 1.82) is 0 Å². The molecular formula is C17H16FN3O2. The third kappa shape index (κ3) is 4.74. The molecule has 0 saturated carbocycles. The highest BCUT2D eigenvalue weighted by Gasteiger charge is 2.11. The van der Waals surface area contributed by atoms with Gasteiger partial charge in [-0.15, -0.1) is 0 Å². The predicted octanol–water partition coefficient (Wildman–Crippen LogP) is 2.10. The van der Waals surface area contributed by atoms with Crippen LogP contribution in [-0.4, -0.2) is 24.1 Å². The molecule has 0 heterocycles. The predicted molar refractivity (Wildman–Crippen MR) is 85.5 cm³/mol. The summed E-state index contributed by atoms with van der Waals surface area (Å²) in [6, 6.07) is 14.9. The van der Waals surface area contributed by atoms with Crippen LogP contribution in [-0.2, 0) is 4.79 Å². The number of amides is 2. The largest absolute Gasteiger partial charge is 0.343 e. The molecule has 0 aliphatic carbocycles. The molecule has 2 amide bonds. The molecule has 2 aromatic rings. The molecule has 2 rings (SSSR count). The van der Waals surface area contributed by atoms with Crippen molar-refractivity contribution in [2.45, 2.75) is 6.92 Å². The van der Waals surface area contributed by atoms with Crippen LogP contribution in [0.15, 0.2) is 59.7 Å². The Bertz CT molecular complexity index is 730. The number of benzene rings is 2. The molecule has 2 N–H and O–H groups in total. The van der Waals surface area contributed by atoms with Gasteiger partial charge in [0.25, 0.3) is 11.8 Å². The minimum atomic E-state index is -0.651. The molecule has 5 nitrogen and oxygen atoms in total. The summed E-state index contributed by atoms with van der Waals surface area (Å²) < 4.78 is 13.4. The van der Waals surface area contributed by atoms with Gasteiger partial charge >= 0.3 is 0 Å². The monoisotopic (exact) mass is 313 g/mol. The third-order valence-electron chi connectivity index (χ3n) is 3.07. The van der Waals surface area contributed by atoms with Crippen LogP contribution in [0, 0.1) is 5.82 Å². The number of halogens is 1. The van der Waals surface area contributed by atoms with Gasteiger partial charge in [-0.3, -0.25) is 9.59 Å². The summed E-state index contributed by atoms with van der Waals surface area (Å²) in [4.78, 5) is 23.4. The molecule has 0 radical (unpaired) electrons. The minimum absolute atomic E-state index is 0.107. The van der Waals surface area contributed by atoms with E-state index in [0.29, 0.717) is 5.71 Å². The van der Waals surface area contributed by atoms with E-state index in [-0.39, 0.29) is 12.1 Å². The van der Waals surface area contributed by atoms with Crippen LogP contribution in [0.3, 0.4) is 0 Å². The fourth-order valence-corrected chi connectivity index (χ4v) is 1.83. The van der Waals surface area contributed by atoms with Gasteiger partial charge in [0, 0.05) is 0 Å². The van der Waals surface area contributed by atoms with Gasteiger partial charge in [0.05, 0.1) is 17.8 Å². The van der Waals surface area contributed by atoms with Gasteiger partial charge in [-0.05, 0) is 24.6 Å². The number of hydrazone groups is 1. The molecule has 0 aliphatic heterocycles. The number of rotatable bonds is 5. The van der Waals surface area contributed by atoms with E-state index in [9.17, 15) is 14.0 Å². The number of nitrogens with one attached hydrogen (secondary N) is 2. The molecule has 0 unspecified atom stereocenters. The fourth-order valence-electron chi connectivity index (χ4n) is 1.83. The standard InChI is InChI=1S/C17H16FN3O2/c1-12(13-7-3-2-4-8-13)20-21-16(22)11-19-17(23)14-9-5-6-10-15(14)18/h2-10H,11H2,1H3,(H,19,23)(H,21,22)/b20-12+. The van der Waals surface area contributed by atoms with E-state index in [4.69, 9.17) is 0 Å². The average Bonchev–Trinajstić information content (AvgIpc) is 2.58. The van der Waals surface area contributed by atoms with E-state index < -0.39 is 17.6 Å². The zero-order valence-electron chi connectivity index (χ0n) is 12.5. The first-order valence-corrected chi connectivity index (χ1v) is 6.99. The Morgan fingerprint density at radius 1 is 1.04 bits per heavy atom. The Hall–Kier alpha value is -3.02. The van der Waals surface area contributed by atoms with E-state index in [1.54, 1.807) is 13.0 Å². The maximum atomic E-state index is 13.4. The lowest BCUT2D eigenvalue weighted by molar-refractivity contribution is -0.120. The maximum absolute atomic E-state index is 13.4. The van der Waals surface area contributed by atoms with Crippen LogP contribution in [0.2, 0.25) is 0 Å². The van der Waals surface area contributed by atoms with Gasteiger partial charge in [-0.2, -0.15) is 5.10 Å². The zero-order valence-corrected chi connectivity index (χ0v) is 12.5. The molecule has 2 aromatic carbocycles. The van der Waals surface area contributed by atoms with Crippen LogP contribution in [0.1, 0.15) is 22.8 Å². The van der Waals surface area contributed by atoms with Crippen LogP contribution in [0.4, 0.5) is 4.39 Å². The summed E-state index contributed by atoms with van der Waals surface area (Å²) >= 11 is 0. The lowest BCUT2D eigenvalue weighted by Crippen LogP contribution is -2.35. The number of hydrogen-bond donors (Lipinski definition) is 2. The molecule has 0 bridgehead atoms. The van der Waals surface area contributed by atoms with E-state index in [0.717, 1.165) is 5.56 Å². The first kappa shape index (κ1) is 16.4. The SMILES string of the molecule is C/C(=N\NC(=O)CNC(=O)c1ccccc1F)c1ccccc1. The molecule has 6 heteroatoms. The van der Waals surface area contributed by atoms with E-state index >= 15 is 0 Å². The Morgan fingerprint density at radius 3 is 2.39 bits per heavy atom. The lowest BCUT2D eigenvalue weighted by Gasteiger charge is -2.06. The molecule has 23 heavy (non-hydrogen) atoms. The summed E-state index contributed by atoms with van der Waals surface area (Å²) in [6.07, 6.45) is 0. The summed E-state index contributed by atoms with van der Waals surface area (Å²) in [5, 5.41) is 6.30. The van der Waals surface area contributed by atoms with Gasteiger partial charge in [0.15, 0.2) is 0 Å². The van der Waals surface area contributed by atoms with E-state index in [2.05, 4.69) is 15.8 Å². The summed E-state index contributed by atoms with van der Waals surface area (Å²) in [6.45, 7) is 1.46. The molecule has 0 spiro atoms. The summed E-state index contributed by atoms with van der Waals surface area (Å²) in [5.41, 5.74) is 3.75. The highest BCUT2D eigenvalue weighted by molar-refractivity contribution is 6.00. The second-order valence-electron chi connectivity index (χ2n) is 4.76. The van der Waals surface area contributed by atoms with Crippen LogP contribution in [0.5, 0.6) is 0 Å². The molecule has 0 aromatic heterocycles. The van der Waals surface area contributed by atoms with Crippen LogP contribution < -0.4 is 10.7 Å². The smallest absolute Gasteiger partial charge is 0.259 e. The maximum Gasteiger partial charge on any atom is 0.259 e. The third-order valence-corrected chi connectivity index (χ3v) is 3.07. The van der Waals surface area contributed by atoms with Crippen molar-refractivity contribution < 1.29 is 14.0 Å². The van der Waals surface area contributed by atoms with Crippen molar-refractivity contribution in [3.05, 3.63) is 71.5 Å². The molecule has 0 aliphatic rings. The number of hydrogen-bond acceptors (Lipinski definition) is 3. The number of carbonyl (C=O) groups excluding carboxylic acids is 2. The van der Waals surface area contributed by atoms with Crippen molar-refractivity contribution >= 4 is 17.5 Å². The summed E-state index contributed by atoms with van der Waals surface area (Å²) in [7, 11) is 0. The molecule has 0 fully saturated rings. The quantitative estimate of drug-likeness (QED) is 0.655. The van der Waals surface area contributed by atoms with Gasteiger partial charge in [0.1, 0.15) is 5.82 Å². The van der Waals surface area contributed by atoms with E-state index in [1.807, 2.05) is 30.3 Å². The van der Waals surface area contributed by atoms with Gasteiger partial charge in [0.2, 0.25) is 0 Å². The Balaban J connectivity index is 1.86. The Labute approximate surface area is 133 Å². The van der Waals surface area contributed by atoms with Crippen LogP contribution in [0.25, 0.3) is 0 Å². The molecular weight excluding hydrogens is 297 g/mol. The van der Waals surface area contributed by atoms with Gasteiger partial charge in [-0.25, -0.2) is 9.82 Å². The number of nitrogens with zero attached hydrogens (tertiary/aromatic N) is 1. The Kier molecular flexibility index (Phi) is 5.57. The average molecular weight is 313 g/mol. The normalized spacial score (nSPS) is 11.0. The van der Waals surface area contributed by atoms with Crippen LogP contribution >= 0.6 is 0 Å². The molecule has 118 valence electrons. The van der Waals surface area contributed by atoms with Crippen molar-refractivity contribution in [3.63, 3.8) is 0 Å². The summed E-state index contributed by atoms with van der Waals surface area (Å²) in [5.74, 6) is -1.78. The minimum Gasteiger partial charge on any atom is -0.343 e. The van der Waals surface area contributed by atoms with Crippen molar-refractivity contribution in [3.8, 4) is 0 Å². The second kappa shape index (κ2) is 7.84. The lowest BCUT2D eigenvalue weighted by atomic mass is 10.1. The first-order chi connectivity index (χ1) is 11.1. The first-order valence-electron chi connectivity index (χ1n) is 6.99. The van der Waals surface area contributed by atoms with Gasteiger partial charge in [-0.1, -0.05) is 42.5 Å². The van der Waals surface area contributed by atoms with Crippen molar-refractivity contribution in [2.24, 2.45) is 5.10 Å². The second-order valence-corrected chi connectivity index (χ2v) is 4.76. The highest BCUT2D eigenvalue weighted by atomic mass is 19.1.